The highest BCUT2D eigenvalue weighted by atomic mass is 32.1. The lowest BCUT2D eigenvalue weighted by Gasteiger charge is -2.11. The van der Waals surface area contributed by atoms with E-state index in [-0.39, 0.29) is 19.1 Å². The van der Waals surface area contributed by atoms with Crippen molar-refractivity contribution in [3.05, 3.63) is 88.1 Å². The zero-order valence-corrected chi connectivity index (χ0v) is 16.1. The van der Waals surface area contributed by atoms with Crippen LogP contribution in [0.5, 0.6) is 5.75 Å². The number of hydrogen-bond acceptors (Lipinski definition) is 5. The molecule has 3 rings (SSSR count). The minimum atomic E-state index is -0.583. The fourth-order valence-corrected chi connectivity index (χ4v) is 3.23. The molecule has 0 fully saturated rings. The molecule has 2 aromatic carbocycles. The SMILES string of the molecule is O=C(COC(=O)COc1ccccc1Cc1ccccc1)NCc1cccs1. The maximum absolute atomic E-state index is 11.9. The van der Waals surface area contributed by atoms with Gasteiger partial charge in [0.25, 0.3) is 5.91 Å². The second kappa shape index (κ2) is 10.3. The van der Waals surface area contributed by atoms with Crippen LogP contribution in [-0.2, 0) is 27.3 Å². The Morgan fingerprint density at radius 3 is 2.46 bits per heavy atom. The minimum Gasteiger partial charge on any atom is -0.482 e. The number of thiophene rings is 1. The van der Waals surface area contributed by atoms with Gasteiger partial charge in [0, 0.05) is 11.3 Å². The predicted molar refractivity (Wildman–Crippen MR) is 108 cm³/mol. The first-order chi connectivity index (χ1) is 13.7. The zero-order chi connectivity index (χ0) is 19.6. The third-order valence-corrected chi connectivity index (χ3v) is 4.84. The first-order valence-corrected chi connectivity index (χ1v) is 9.78. The van der Waals surface area contributed by atoms with Crippen LogP contribution in [-0.4, -0.2) is 25.1 Å². The van der Waals surface area contributed by atoms with E-state index >= 15 is 0 Å². The van der Waals surface area contributed by atoms with Crippen molar-refractivity contribution < 1.29 is 19.1 Å². The predicted octanol–water partition coefficient (Wildman–Crippen LogP) is 3.58. The Kier molecular flexibility index (Phi) is 7.21. The van der Waals surface area contributed by atoms with E-state index in [1.54, 1.807) is 11.3 Å². The van der Waals surface area contributed by atoms with Crippen LogP contribution in [0.25, 0.3) is 0 Å². The number of carbonyl (C=O) groups excluding carboxylic acids is 2. The molecule has 1 heterocycles. The van der Waals surface area contributed by atoms with Gasteiger partial charge >= 0.3 is 5.97 Å². The van der Waals surface area contributed by atoms with Gasteiger partial charge in [0.2, 0.25) is 0 Å². The van der Waals surface area contributed by atoms with Crippen molar-refractivity contribution in [3.8, 4) is 5.75 Å². The highest BCUT2D eigenvalue weighted by molar-refractivity contribution is 7.09. The summed E-state index contributed by atoms with van der Waals surface area (Å²) >= 11 is 1.55. The Morgan fingerprint density at radius 1 is 0.893 bits per heavy atom. The summed E-state index contributed by atoms with van der Waals surface area (Å²) in [5.41, 5.74) is 2.14. The average molecular weight is 395 g/mol. The van der Waals surface area contributed by atoms with Gasteiger partial charge in [-0.3, -0.25) is 4.79 Å². The minimum absolute atomic E-state index is 0.246. The molecule has 1 amide bonds. The zero-order valence-electron chi connectivity index (χ0n) is 15.3. The molecule has 0 aliphatic carbocycles. The summed E-state index contributed by atoms with van der Waals surface area (Å²) in [6, 6.07) is 21.4. The Balaban J connectivity index is 1.43. The Bertz CT molecular complexity index is 894. The summed E-state index contributed by atoms with van der Waals surface area (Å²) in [6.45, 7) is -0.138. The quantitative estimate of drug-likeness (QED) is 0.563. The molecule has 144 valence electrons. The molecular formula is C22H21NO4S. The highest BCUT2D eigenvalue weighted by Crippen LogP contribution is 2.21. The Hall–Kier alpha value is -3.12. The third-order valence-electron chi connectivity index (χ3n) is 3.96. The van der Waals surface area contributed by atoms with Gasteiger partial charge in [-0.25, -0.2) is 4.79 Å². The van der Waals surface area contributed by atoms with Crippen molar-refractivity contribution in [3.63, 3.8) is 0 Å². The van der Waals surface area contributed by atoms with Crippen LogP contribution in [0.4, 0.5) is 0 Å². The second-order valence-corrected chi connectivity index (χ2v) is 7.11. The molecule has 0 unspecified atom stereocenters. The molecule has 0 saturated carbocycles. The molecule has 0 spiro atoms. The Labute approximate surface area is 167 Å². The van der Waals surface area contributed by atoms with Crippen molar-refractivity contribution in [2.24, 2.45) is 0 Å². The topological polar surface area (TPSA) is 64.6 Å². The van der Waals surface area contributed by atoms with Gasteiger partial charge in [0.05, 0.1) is 6.54 Å². The van der Waals surface area contributed by atoms with Gasteiger partial charge in [-0.1, -0.05) is 54.6 Å². The molecule has 6 heteroatoms. The van der Waals surface area contributed by atoms with E-state index in [2.05, 4.69) is 5.32 Å². The lowest BCUT2D eigenvalue weighted by atomic mass is 10.0. The molecule has 0 saturated heterocycles. The van der Waals surface area contributed by atoms with E-state index in [4.69, 9.17) is 9.47 Å². The maximum atomic E-state index is 11.9. The fourth-order valence-electron chi connectivity index (χ4n) is 2.58. The number of carbonyl (C=O) groups is 2. The van der Waals surface area contributed by atoms with Crippen molar-refractivity contribution in [1.82, 2.24) is 5.32 Å². The van der Waals surface area contributed by atoms with Crippen LogP contribution in [0.3, 0.4) is 0 Å². The van der Waals surface area contributed by atoms with Crippen molar-refractivity contribution in [2.75, 3.05) is 13.2 Å². The largest absolute Gasteiger partial charge is 0.482 e. The van der Waals surface area contributed by atoms with Crippen LogP contribution in [0.15, 0.2) is 72.1 Å². The third kappa shape index (κ3) is 6.25. The number of amides is 1. The standard InChI is InChI=1S/C22H21NO4S/c24-21(23-14-19-10-6-12-28-19)15-27-22(25)16-26-20-11-5-4-9-18(20)13-17-7-2-1-3-8-17/h1-12H,13-16H2,(H,23,24). The number of para-hydroxylation sites is 1. The summed E-state index contributed by atoms with van der Waals surface area (Å²) in [4.78, 5) is 24.7. The van der Waals surface area contributed by atoms with Crippen molar-refractivity contribution in [1.29, 1.82) is 0 Å². The first kappa shape index (κ1) is 19.6. The molecule has 1 N–H and O–H groups in total. The number of esters is 1. The summed E-state index contributed by atoms with van der Waals surface area (Å²) in [6.07, 6.45) is 0.706. The number of hydrogen-bond donors (Lipinski definition) is 1. The van der Waals surface area contributed by atoms with Crippen LogP contribution in [0, 0.1) is 0 Å². The van der Waals surface area contributed by atoms with E-state index in [0.717, 1.165) is 16.0 Å². The normalized spacial score (nSPS) is 10.3. The van der Waals surface area contributed by atoms with Crippen LogP contribution < -0.4 is 10.1 Å². The highest BCUT2D eigenvalue weighted by Gasteiger charge is 2.10. The first-order valence-electron chi connectivity index (χ1n) is 8.90. The molecule has 0 aliphatic rings. The van der Waals surface area contributed by atoms with E-state index in [1.807, 2.05) is 72.1 Å². The summed E-state index contributed by atoms with van der Waals surface area (Å²) < 4.78 is 10.6. The number of ether oxygens (including phenoxy) is 2. The molecule has 3 aromatic rings. The van der Waals surface area contributed by atoms with Gasteiger partial charge in [-0.2, -0.15) is 0 Å². The molecule has 5 nitrogen and oxygen atoms in total. The average Bonchev–Trinajstić information content (AvgIpc) is 3.24. The molecule has 1 aromatic heterocycles. The van der Waals surface area contributed by atoms with E-state index in [0.29, 0.717) is 18.7 Å². The second-order valence-electron chi connectivity index (χ2n) is 6.08. The van der Waals surface area contributed by atoms with Crippen molar-refractivity contribution >= 4 is 23.2 Å². The van der Waals surface area contributed by atoms with Gasteiger partial charge in [-0.05, 0) is 28.6 Å². The van der Waals surface area contributed by atoms with Crippen LogP contribution in [0.1, 0.15) is 16.0 Å². The molecule has 0 bridgehead atoms. The number of rotatable bonds is 9. The van der Waals surface area contributed by atoms with Gasteiger partial charge in [0.15, 0.2) is 13.2 Å². The molecule has 0 atom stereocenters. The molecule has 28 heavy (non-hydrogen) atoms. The summed E-state index contributed by atoms with van der Waals surface area (Å²) in [5.74, 6) is -0.294. The van der Waals surface area contributed by atoms with Crippen LogP contribution >= 0.6 is 11.3 Å². The molecule has 0 aliphatic heterocycles. The van der Waals surface area contributed by atoms with E-state index < -0.39 is 5.97 Å². The van der Waals surface area contributed by atoms with Crippen molar-refractivity contribution in [2.45, 2.75) is 13.0 Å². The maximum Gasteiger partial charge on any atom is 0.344 e. The van der Waals surface area contributed by atoms with Gasteiger partial charge in [-0.15, -0.1) is 11.3 Å². The van der Waals surface area contributed by atoms with Gasteiger partial charge < -0.3 is 14.8 Å². The summed E-state index contributed by atoms with van der Waals surface area (Å²) in [7, 11) is 0. The Morgan fingerprint density at radius 2 is 1.68 bits per heavy atom. The lowest BCUT2D eigenvalue weighted by Crippen LogP contribution is -2.29. The molecule has 0 radical (unpaired) electrons. The summed E-state index contributed by atoms with van der Waals surface area (Å²) in [5, 5.41) is 4.64. The van der Waals surface area contributed by atoms with Gasteiger partial charge in [0.1, 0.15) is 5.75 Å². The lowest BCUT2D eigenvalue weighted by molar-refractivity contribution is -0.150. The molecular weight excluding hydrogens is 374 g/mol. The van der Waals surface area contributed by atoms with Crippen LogP contribution in [0.2, 0.25) is 0 Å². The monoisotopic (exact) mass is 395 g/mol. The van der Waals surface area contributed by atoms with E-state index in [1.165, 1.54) is 0 Å². The number of nitrogens with one attached hydrogen (secondary N) is 1. The number of benzene rings is 2. The fraction of sp³-hybridized carbons (Fsp3) is 0.182. The van der Waals surface area contributed by atoms with E-state index in [9.17, 15) is 9.59 Å². The smallest absolute Gasteiger partial charge is 0.344 e.